The fourth-order valence-corrected chi connectivity index (χ4v) is 4.50. The van der Waals surface area contributed by atoms with Crippen molar-refractivity contribution in [1.29, 1.82) is 0 Å². The molecule has 3 fully saturated rings. The quantitative estimate of drug-likeness (QED) is 0.844. The number of amides is 2. The van der Waals surface area contributed by atoms with Crippen molar-refractivity contribution in [2.24, 2.45) is 5.92 Å². The maximum Gasteiger partial charge on any atom is 0.227 e. The second-order valence-corrected chi connectivity index (χ2v) is 7.87. The zero-order chi connectivity index (χ0) is 17.4. The fraction of sp³-hybridized carbons (Fsp3) is 0.474. The molecule has 0 saturated carbocycles. The van der Waals surface area contributed by atoms with Crippen LogP contribution in [-0.4, -0.2) is 47.8 Å². The van der Waals surface area contributed by atoms with Crippen LogP contribution in [0.3, 0.4) is 0 Å². The van der Waals surface area contributed by atoms with E-state index in [-0.39, 0.29) is 23.8 Å². The maximum absolute atomic E-state index is 12.6. The molecule has 0 spiro atoms. The van der Waals surface area contributed by atoms with Gasteiger partial charge in [-0.3, -0.25) is 9.59 Å². The first-order valence-corrected chi connectivity index (χ1v) is 9.67. The summed E-state index contributed by atoms with van der Waals surface area (Å²) in [6, 6.07) is 8.11. The smallest absolute Gasteiger partial charge is 0.227 e. The summed E-state index contributed by atoms with van der Waals surface area (Å²) in [5.74, 6) is 1.98. The van der Waals surface area contributed by atoms with E-state index < -0.39 is 0 Å². The van der Waals surface area contributed by atoms with E-state index in [1.54, 1.807) is 11.3 Å². The number of furan rings is 1. The first-order valence-electron chi connectivity index (χ1n) is 8.79. The van der Waals surface area contributed by atoms with Gasteiger partial charge in [-0.1, -0.05) is 6.07 Å². The van der Waals surface area contributed by atoms with Gasteiger partial charge in [-0.15, -0.1) is 11.3 Å². The highest BCUT2D eigenvalue weighted by Crippen LogP contribution is 2.29. The van der Waals surface area contributed by atoms with Crippen LogP contribution in [0.25, 0.3) is 10.6 Å². The van der Waals surface area contributed by atoms with Gasteiger partial charge in [0, 0.05) is 39.0 Å². The topological polar surface area (TPSA) is 53.8 Å². The number of rotatable bonds is 4. The first-order chi connectivity index (χ1) is 12.1. The molecular formula is C19H22N2O3S. The fourth-order valence-electron chi connectivity index (χ4n) is 3.81. The molecule has 2 aromatic heterocycles. The van der Waals surface area contributed by atoms with Gasteiger partial charge in [0.2, 0.25) is 11.8 Å². The van der Waals surface area contributed by atoms with Crippen LogP contribution in [-0.2, 0) is 16.0 Å². The van der Waals surface area contributed by atoms with Crippen molar-refractivity contribution in [2.75, 3.05) is 20.1 Å². The molecule has 25 heavy (non-hydrogen) atoms. The summed E-state index contributed by atoms with van der Waals surface area (Å²) >= 11 is 1.64. The van der Waals surface area contributed by atoms with Crippen LogP contribution in [0.5, 0.6) is 0 Å². The lowest BCUT2D eigenvalue weighted by atomic mass is 9.95. The molecule has 0 unspecified atom stereocenters. The van der Waals surface area contributed by atoms with Gasteiger partial charge < -0.3 is 14.2 Å². The Morgan fingerprint density at radius 3 is 2.96 bits per heavy atom. The zero-order valence-corrected chi connectivity index (χ0v) is 15.1. The summed E-state index contributed by atoms with van der Waals surface area (Å²) in [6.07, 6.45) is 2.92. The Balaban J connectivity index is 1.37. The molecule has 0 aromatic carbocycles. The van der Waals surface area contributed by atoms with E-state index in [0.717, 1.165) is 29.2 Å². The maximum atomic E-state index is 12.6. The summed E-state index contributed by atoms with van der Waals surface area (Å²) in [5.41, 5.74) is 0. The van der Waals surface area contributed by atoms with Crippen molar-refractivity contribution < 1.29 is 14.0 Å². The molecule has 132 valence electrons. The third-order valence-corrected chi connectivity index (χ3v) is 6.21. The third kappa shape index (κ3) is 3.23. The number of hydrogen-bond donors (Lipinski definition) is 0. The van der Waals surface area contributed by atoms with Gasteiger partial charge in [0.05, 0.1) is 10.8 Å². The van der Waals surface area contributed by atoms with Crippen LogP contribution in [0.15, 0.2) is 34.1 Å². The molecule has 5 nitrogen and oxygen atoms in total. The molecule has 2 aromatic rings. The number of piperidine rings is 1. The lowest BCUT2D eigenvalue weighted by Crippen LogP contribution is -2.45. The van der Waals surface area contributed by atoms with Crippen molar-refractivity contribution in [3.05, 3.63) is 35.4 Å². The molecule has 0 N–H and O–H groups in total. The van der Waals surface area contributed by atoms with E-state index >= 15 is 0 Å². The highest BCUT2D eigenvalue weighted by atomic mass is 32.1. The van der Waals surface area contributed by atoms with Crippen LogP contribution in [0.1, 0.15) is 25.0 Å². The van der Waals surface area contributed by atoms with Crippen molar-refractivity contribution in [1.82, 2.24) is 9.80 Å². The van der Waals surface area contributed by atoms with E-state index in [1.807, 2.05) is 46.5 Å². The van der Waals surface area contributed by atoms with Gasteiger partial charge >= 0.3 is 0 Å². The number of carbonyl (C=O) groups is 2. The van der Waals surface area contributed by atoms with Gasteiger partial charge in [-0.25, -0.2) is 0 Å². The minimum Gasteiger partial charge on any atom is -0.460 e. The van der Waals surface area contributed by atoms with E-state index in [2.05, 4.69) is 0 Å². The van der Waals surface area contributed by atoms with Crippen LogP contribution in [0, 0.1) is 5.92 Å². The summed E-state index contributed by atoms with van der Waals surface area (Å²) < 4.78 is 5.86. The number of carbonyl (C=O) groups excluding carboxylic acids is 2. The summed E-state index contributed by atoms with van der Waals surface area (Å²) in [4.78, 5) is 29.7. The summed E-state index contributed by atoms with van der Waals surface area (Å²) in [5, 5.41) is 2.02. The Labute approximate surface area is 151 Å². The molecule has 0 radical (unpaired) electrons. The molecule has 5 heterocycles. The largest absolute Gasteiger partial charge is 0.460 e. The van der Waals surface area contributed by atoms with Gasteiger partial charge in [-0.2, -0.15) is 0 Å². The van der Waals surface area contributed by atoms with Crippen molar-refractivity contribution in [2.45, 2.75) is 31.7 Å². The Morgan fingerprint density at radius 2 is 2.16 bits per heavy atom. The Bertz CT molecular complexity index is 767. The SMILES string of the molecule is CN1C(=O)[C@H]2CC[C@@H]1CN(C(=O)CCc1ccc(-c3cccs3)o1)C2. The summed E-state index contributed by atoms with van der Waals surface area (Å²) in [7, 11) is 1.86. The van der Waals surface area contributed by atoms with Gasteiger partial charge in [0.25, 0.3) is 0 Å². The predicted molar refractivity (Wildman–Crippen MR) is 96.2 cm³/mol. The molecule has 3 aliphatic heterocycles. The number of fused-ring (bicyclic) bond motifs is 4. The normalized spacial score (nSPS) is 23.2. The minimum atomic E-state index is -0.0262. The van der Waals surface area contributed by atoms with Crippen LogP contribution in [0.2, 0.25) is 0 Å². The molecular weight excluding hydrogens is 336 g/mol. The zero-order valence-electron chi connectivity index (χ0n) is 14.3. The molecule has 0 aliphatic carbocycles. The third-order valence-electron chi connectivity index (χ3n) is 5.33. The molecule has 6 heteroatoms. The minimum absolute atomic E-state index is 0.0262. The highest BCUT2D eigenvalue weighted by molar-refractivity contribution is 7.13. The van der Waals surface area contributed by atoms with Crippen molar-refractivity contribution in [3.8, 4) is 10.6 Å². The van der Waals surface area contributed by atoms with E-state index in [4.69, 9.17) is 4.42 Å². The van der Waals surface area contributed by atoms with E-state index in [1.165, 1.54) is 0 Å². The number of aryl methyl sites for hydroxylation is 1. The lowest BCUT2D eigenvalue weighted by molar-refractivity contribution is -0.138. The number of thiophene rings is 1. The average molecular weight is 358 g/mol. The van der Waals surface area contributed by atoms with Crippen molar-refractivity contribution >= 4 is 23.2 Å². The molecule has 2 atom stereocenters. The second kappa shape index (κ2) is 6.67. The van der Waals surface area contributed by atoms with E-state index in [9.17, 15) is 9.59 Å². The molecule has 5 rings (SSSR count). The highest BCUT2D eigenvalue weighted by Gasteiger charge is 2.39. The number of hydrogen-bond acceptors (Lipinski definition) is 4. The lowest BCUT2D eigenvalue weighted by Gasteiger charge is -2.32. The molecule has 3 aliphatic rings. The van der Waals surface area contributed by atoms with Crippen LogP contribution in [0.4, 0.5) is 0 Å². The number of likely N-dealkylation sites (N-methyl/N-ethyl adjacent to an activating group) is 1. The van der Waals surface area contributed by atoms with E-state index in [0.29, 0.717) is 25.9 Å². The van der Waals surface area contributed by atoms with Gasteiger partial charge in [-0.05, 0) is 36.4 Å². The van der Waals surface area contributed by atoms with Crippen LogP contribution < -0.4 is 0 Å². The molecule has 3 saturated heterocycles. The second-order valence-electron chi connectivity index (χ2n) is 6.92. The Hall–Kier alpha value is -2.08. The average Bonchev–Trinajstić information content (AvgIpc) is 3.23. The predicted octanol–water partition coefficient (Wildman–Crippen LogP) is 3.02. The van der Waals surface area contributed by atoms with Crippen molar-refractivity contribution in [3.63, 3.8) is 0 Å². The summed E-state index contributed by atoms with van der Waals surface area (Å²) in [6.45, 7) is 1.23. The molecule has 2 amide bonds. The van der Waals surface area contributed by atoms with Crippen LogP contribution >= 0.6 is 11.3 Å². The monoisotopic (exact) mass is 358 g/mol. The standard InChI is InChI=1S/C19H22N2O3S/c1-20-14-5-4-13(19(20)23)11-21(12-14)18(22)9-7-15-6-8-16(24-15)17-3-2-10-25-17/h2-3,6,8,10,13-14H,4-5,7,9,11-12H2,1H3/t13-,14+/m0/s1. The van der Waals surface area contributed by atoms with Gasteiger partial charge in [0.1, 0.15) is 11.5 Å². The Kier molecular flexibility index (Phi) is 4.37. The van der Waals surface area contributed by atoms with Gasteiger partial charge in [0.15, 0.2) is 0 Å². The first kappa shape index (κ1) is 16.4. The number of nitrogens with zero attached hydrogens (tertiary/aromatic N) is 2. The molecule has 2 bridgehead atoms. The Morgan fingerprint density at radius 1 is 1.28 bits per heavy atom.